The van der Waals surface area contributed by atoms with Gasteiger partial charge in [-0.15, -0.1) is 11.8 Å². The minimum atomic E-state index is -4.48. The molecule has 0 unspecified atom stereocenters. The molecule has 0 atom stereocenters. The third-order valence-corrected chi connectivity index (χ3v) is 4.38. The maximum Gasteiger partial charge on any atom is 0.357 e. The number of benzene rings is 2. The van der Waals surface area contributed by atoms with Gasteiger partial charge in [0.05, 0.1) is 10.6 Å². The van der Waals surface area contributed by atoms with E-state index >= 15 is 0 Å². The third-order valence-electron chi connectivity index (χ3n) is 2.87. The molecule has 0 bridgehead atoms. The van der Waals surface area contributed by atoms with Crippen LogP contribution in [0.1, 0.15) is 0 Å². The first kappa shape index (κ1) is 18.0. The Morgan fingerprint density at radius 3 is 2.50 bits per heavy atom. The summed E-state index contributed by atoms with van der Waals surface area (Å²) >= 11 is 1.61. The molecule has 24 heavy (non-hydrogen) atoms. The summed E-state index contributed by atoms with van der Waals surface area (Å²) in [6.07, 6.45) is 0. The molecule has 0 saturated carbocycles. The van der Waals surface area contributed by atoms with E-state index in [-0.39, 0.29) is 17.1 Å². The first-order chi connectivity index (χ1) is 11.3. The molecular formula is C14H15N3O5S2. The van der Waals surface area contributed by atoms with Gasteiger partial charge in [0.1, 0.15) is 5.69 Å². The third kappa shape index (κ3) is 5.72. The zero-order valence-corrected chi connectivity index (χ0v) is 14.0. The van der Waals surface area contributed by atoms with Crippen LogP contribution in [0.5, 0.6) is 0 Å². The van der Waals surface area contributed by atoms with Gasteiger partial charge in [0.15, 0.2) is 0 Å². The number of hydrogen-bond donors (Lipinski definition) is 3. The minimum Gasteiger partial charge on any atom is -0.379 e. The molecule has 0 heterocycles. The van der Waals surface area contributed by atoms with Crippen molar-refractivity contribution in [2.75, 3.05) is 22.3 Å². The van der Waals surface area contributed by atoms with Crippen LogP contribution in [0, 0.1) is 10.1 Å². The van der Waals surface area contributed by atoms with E-state index in [1.165, 1.54) is 12.1 Å². The molecule has 128 valence electrons. The van der Waals surface area contributed by atoms with E-state index in [1.54, 1.807) is 16.5 Å². The number of nitro benzene ring substituents is 1. The van der Waals surface area contributed by atoms with Crippen molar-refractivity contribution in [3.8, 4) is 0 Å². The summed E-state index contributed by atoms with van der Waals surface area (Å²) in [5.41, 5.74) is -0.101. The van der Waals surface area contributed by atoms with Gasteiger partial charge in [-0.25, -0.2) is 0 Å². The molecule has 0 radical (unpaired) electrons. The van der Waals surface area contributed by atoms with Crippen LogP contribution in [-0.2, 0) is 10.3 Å². The fourth-order valence-electron chi connectivity index (χ4n) is 1.92. The largest absolute Gasteiger partial charge is 0.379 e. The molecule has 0 amide bonds. The highest BCUT2D eigenvalue weighted by Gasteiger charge is 2.16. The van der Waals surface area contributed by atoms with Crippen LogP contribution in [0.15, 0.2) is 53.4 Å². The Bertz CT molecular complexity index is 812. The lowest BCUT2D eigenvalue weighted by atomic mass is 10.2. The van der Waals surface area contributed by atoms with Crippen molar-refractivity contribution in [3.05, 3.63) is 58.6 Å². The molecule has 0 aromatic heterocycles. The summed E-state index contributed by atoms with van der Waals surface area (Å²) < 4.78 is 32.0. The maximum atomic E-state index is 11.1. The first-order valence-corrected chi connectivity index (χ1v) is 9.23. The van der Waals surface area contributed by atoms with Crippen LogP contribution in [0.3, 0.4) is 0 Å². The Labute approximate surface area is 143 Å². The second-order valence-corrected chi connectivity index (χ2v) is 6.98. The molecule has 0 spiro atoms. The van der Waals surface area contributed by atoms with Crippen molar-refractivity contribution < 1.29 is 17.9 Å². The summed E-state index contributed by atoms with van der Waals surface area (Å²) in [5.74, 6) is 0.701. The van der Waals surface area contributed by atoms with Gasteiger partial charge in [0, 0.05) is 23.3 Å². The topological polar surface area (TPSA) is 122 Å². The number of nitrogens with zero attached hydrogens (tertiary/aromatic N) is 1. The number of nitro groups is 1. The smallest absolute Gasteiger partial charge is 0.357 e. The maximum absolute atomic E-state index is 11.1. The summed E-state index contributed by atoms with van der Waals surface area (Å²) in [5, 5.41) is 14.1. The van der Waals surface area contributed by atoms with Crippen LogP contribution < -0.4 is 10.0 Å². The van der Waals surface area contributed by atoms with Gasteiger partial charge in [-0.1, -0.05) is 18.2 Å². The molecule has 2 aromatic carbocycles. The number of thioether (sulfide) groups is 1. The van der Waals surface area contributed by atoms with Crippen molar-refractivity contribution in [3.63, 3.8) is 0 Å². The Morgan fingerprint density at radius 2 is 1.88 bits per heavy atom. The number of nitrogens with one attached hydrogen (secondary N) is 2. The van der Waals surface area contributed by atoms with Gasteiger partial charge >= 0.3 is 10.3 Å². The molecule has 0 saturated heterocycles. The van der Waals surface area contributed by atoms with Crippen molar-refractivity contribution in [1.82, 2.24) is 0 Å². The van der Waals surface area contributed by atoms with Crippen LogP contribution >= 0.6 is 11.8 Å². The molecule has 2 rings (SSSR count). The second-order valence-electron chi connectivity index (χ2n) is 4.65. The van der Waals surface area contributed by atoms with Crippen molar-refractivity contribution in [2.24, 2.45) is 0 Å². The van der Waals surface area contributed by atoms with Gasteiger partial charge in [0.25, 0.3) is 5.69 Å². The molecule has 2 aromatic rings. The molecule has 8 nitrogen and oxygen atoms in total. The van der Waals surface area contributed by atoms with Gasteiger partial charge in [-0.2, -0.15) is 8.42 Å². The fraction of sp³-hybridized carbons (Fsp3) is 0.143. The van der Waals surface area contributed by atoms with E-state index in [9.17, 15) is 18.5 Å². The van der Waals surface area contributed by atoms with Gasteiger partial charge in [0.2, 0.25) is 0 Å². The molecule has 0 aliphatic carbocycles. The molecular weight excluding hydrogens is 354 g/mol. The van der Waals surface area contributed by atoms with Crippen LogP contribution in [-0.4, -0.2) is 30.2 Å². The highest BCUT2D eigenvalue weighted by Crippen LogP contribution is 2.28. The standard InChI is InChI=1S/C14H15N3O5S2/c18-17(19)14-10-11(16-24(20,21)22)6-7-13(14)15-8-9-23-12-4-2-1-3-5-12/h1-7,10,15-16H,8-9H2,(H,20,21,22). The Kier molecular flexibility index (Phi) is 6.01. The second kappa shape index (κ2) is 7.99. The molecule has 10 heteroatoms. The monoisotopic (exact) mass is 369 g/mol. The summed E-state index contributed by atoms with van der Waals surface area (Å²) in [6.45, 7) is 0.492. The number of hydrogen-bond acceptors (Lipinski definition) is 6. The normalized spacial score (nSPS) is 11.0. The van der Waals surface area contributed by atoms with E-state index in [2.05, 4.69) is 5.32 Å². The van der Waals surface area contributed by atoms with Gasteiger partial charge in [-0.05, 0) is 24.3 Å². The van der Waals surface area contributed by atoms with E-state index in [0.29, 0.717) is 12.3 Å². The predicted octanol–water partition coefficient (Wildman–Crippen LogP) is 3.01. The number of rotatable bonds is 8. The Morgan fingerprint density at radius 1 is 1.17 bits per heavy atom. The predicted molar refractivity (Wildman–Crippen MR) is 93.9 cm³/mol. The van der Waals surface area contributed by atoms with Crippen LogP contribution in [0.4, 0.5) is 17.1 Å². The lowest BCUT2D eigenvalue weighted by Crippen LogP contribution is -2.11. The van der Waals surface area contributed by atoms with Gasteiger partial charge < -0.3 is 5.32 Å². The summed E-state index contributed by atoms with van der Waals surface area (Å²) in [6, 6.07) is 13.5. The van der Waals surface area contributed by atoms with E-state index in [1.807, 2.05) is 30.3 Å². The van der Waals surface area contributed by atoms with Gasteiger partial charge in [-0.3, -0.25) is 19.4 Å². The minimum absolute atomic E-state index is 0.0894. The Hall–Kier alpha value is -2.30. The lowest BCUT2D eigenvalue weighted by Gasteiger charge is -2.09. The number of anilines is 2. The van der Waals surface area contributed by atoms with E-state index in [4.69, 9.17) is 4.55 Å². The summed E-state index contributed by atoms with van der Waals surface area (Å²) in [4.78, 5) is 11.6. The van der Waals surface area contributed by atoms with Crippen LogP contribution in [0.25, 0.3) is 0 Å². The average molecular weight is 369 g/mol. The average Bonchev–Trinajstić information content (AvgIpc) is 2.52. The Balaban J connectivity index is 2.00. The molecule has 3 N–H and O–H groups in total. The van der Waals surface area contributed by atoms with E-state index < -0.39 is 15.2 Å². The molecule has 0 aliphatic heterocycles. The van der Waals surface area contributed by atoms with Crippen molar-refractivity contribution in [1.29, 1.82) is 0 Å². The fourth-order valence-corrected chi connectivity index (χ4v) is 3.13. The zero-order chi connectivity index (χ0) is 17.6. The molecule has 0 fully saturated rings. The summed E-state index contributed by atoms with van der Waals surface area (Å²) in [7, 11) is -4.48. The van der Waals surface area contributed by atoms with Crippen molar-refractivity contribution >= 4 is 39.1 Å². The van der Waals surface area contributed by atoms with Crippen molar-refractivity contribution in [2.45, 2.75) is 4.90 Å². The SMILES string of the molecule is O=[N+]([O-])c1cc(NS(=O)(=O)O)ccc1NCCSc1ccccc1. The highest BCUT2D eigenvalue weighted by molar-refractivity contribution is 7.99. The lowest BCUT2D eigenvalue weighted by molar-refractivity contribution is -0.383. The zero-order valence-electron chi connectivity index (χ0n) is 12.4. The van der Waals surface area contributed by atoms with E-state index in [0.717, 1.165) is 11.0 Å². The van der Waals surface area contributed by atoms with Crippen LogP contribution in [0.2, 0.25) is 0 Å². The molecule has 0 aliphatic rings. The quantitative estimate of drug-likeness (QED) is 0.215. The first-order valence-electron chi connectivity index (χ1n) is 6.80. The highest BCUT2D eigenvalue weighted by atomic mass is 32.2.